The number of carbonyl (C=O) groups excluding carboxylic acids is 4. The number of hydrogen-bond donors (Lipinski definition) is 2. The van der Waals surface area contributed by atoms with Crippen LogP contribution >= 0.6 is 0 Å². The zero-order valence-corrected chi connectivity index (χ0v) is 36.1. The molecule has 4 heterocycles. The molecule has 5 aliphatic rings. The summed E-state index contributed by atoms with van der Waals surface area (Å²) in [5.74, 6) is -5.51. The number of nitrogens with zero attached hydrogens (tertiary/aromatic N) is 2. The molecule has 1 unspecified atom stereocenters. The number of fused-ring (bicyclic) bond motifs is 5. The van der Waals surface area contributed by atoms with Gasteiger partial charge in [0.2, 0.25) is 21.8 Å². The van der Waals surface area contributed by atoms with Crippen LogP contribution in [0.15, 0.2) is 30.4 Å². The van der Waals surface area contributed by atoms with E-state index in [1.54, 1.807) is 13.0 Å². The molecule has 1 saturated heterocycles. The van der Waals surface area contributed by atoms with Gasteiger partial charge in [0, 0.05) is 35.6 Å². The van der Waals surface area contributed by atoms with Crippen LogP contribution in [-0.4, -0.2) is 83.7 Å². The second-order valence-electron chi connectivity index (χ2n) is 18.8. The van der Waals surface area contributed by atoms with Crippen LogP contribution < -0.4 is 19.5 Å². The first-order chi connectivity index (χ1) is 28.4. The molecule has 3 amide bonds. The van der Waals surface area contributed by atoms with E-state index in [0.717, 1.165) is 4.90 Å². The number of methoxy groups -OCH3 is 1. The smallest absolute Gasteiger partial charge is 0.437 e. The first-order valence-corrected chi connectivity index (χ1v) is 22.4. The van der Waals surface area contributed by atoms with Gasteiger partial charge in [0.25, 0.3) is 5.91 Å². The number of hydrogen-bond acceptors (Lipinski definition) is 10. The molecule has 61 heavy (non-hydrogen) atoms. The van der Waals surface area contributed by atoms with Gasteiger partial charge in [-0.25, -0.2) is 17.8 Å². The first kappa shape index (κ1) is 44.6. The molecule has 1 aromatic carbocycles. The highest BCUT2D eigenvalue weighted by molar-refractivity contribution is 7.91. The number of ether oxygens (including phenoxy) is 3. The molecule has 13 nitrogen and oxygen atoms in total. The minimum Gasteiger partial charge on any atom is -0.497 e. The maximum absolute atomic E-state index is 16.9. The lowest BCUT2D eigenvalue weighted by Gasteiger charge is -2.38. The molecule has 18 heteroatoms. The van der Waals surface area contributed by atoms with E-state index < -0.39 is 128 Å². The van der Waals surface area contributed by atoms with E-state index in [4.69, 9.17) is 14.2 Å². The van der Waals surface area contributed by atoms with Crippen LogP contribution in [0, 0.1) is 17.3 Å². The van der Waals surface area contributed by atoms with Crippen LogP contribution in [-0.2, 0) is 40.1 Å². The number of rotatable bonds is 7. The van der Waals surface area contributed by atoms with Gasteiger partial charge in [-0.1, -0.05) is 45.8 Å². The van der Waals surface area contributed by atoms with Crippen molar-refractivity contribution in [3.8, 4) is 11.5 Å². The van der Waals surface area contributed by atoms with Crippen LogP contribution in [0.2, 0.25) is 0 Å². The fourth-order valence-corrected chi connectivity index (χ4v) is 9.94. The first-order valence-electron chi connectivity index (χ1n) is 20.9. The van der Waals surface area contributed by atoms with Crippen LogP contribution in [0.25, 0.3) is 10.9 Å². The number of esters is 1. The number of alkyl halides is 4. The lowest BCUT2D eigenvalue weighted by Crippen LogP contribution is -2.57. The van der Waals surface area contributed by atoms with Gasteiger partial charge in [0.1, 0.15) is 35.2 Å². The zero-order valence-electron chi connectivity index (χ0n) is 35.2. The van der Waals surface area contributed by atoms with E-state index in [9.17, 15) is 40.8 Å². The topological polar surface area (TPSA) is 170 Å². The Bertz CT molecular complexity index is 2260. The van der Waals surface area contributed by atoms with Gasteiger partial charge >= 0.3 is 12.1 Å². The summed E-state index contributed by atoms with van der Waals surface area (Å²) in [6, 6.07) is 2.52. The number of benzene rings is 1. The Kier molecular flexibility index (Phi) is 11.5. The van der Waals surface area contributed by atoms with Gasteiger partial charge in [-0.2, -0.15) is 13.2 Å². The number of pyridine rings is 1. The Morgan fingerprint density at radius 1 is 1.10 bits per heavy atom. The van der Waals surface area contributed by atoms with Crippen molar-refractivity contribution < 1.29 is 59.4 Å². The molecule has 3 fully saturated rings. The number of amides is 3. The van der Waals surface area contributed by atoms with Gasteiger partial charge < -0.3 is 24.4 Å². The number of allylic oxidation sites excluding steroid dienone is 1. The lowest BCUT2D eigenvalue weighted by molar-refractivity contribution is -0.157. The molecular weight excluding hydrogens is 825 g/mol. The molecule has 7 rings (SSSR count). The van der Waals surface area contributed by atoms with E-state index in [1.807, 2.05) is 26.8 Å². The quantitative estimate of drug-likeness (QED) is 0.172. The third kappa shape index (κ3) is 8.66. The van der Waals surface area contributed by atoms with Crippen molar-refractivity contribution in [1.29, 1.82) is 0 Å². The zero-order chi connectivity index (χ0) is 44.5. The monoisotopic (exact) mass is 878 g/mol. The number of halogens is 4. The predicted octanol–water partition coefficient (Wildman–Crippen LogP) is 6.77. The molecule has 0 bridgehead atoms. The van der Waals surface area contributed by atoms with Gasteiger partial charge in [-0.05, 0) is 76.0 Å². The molecule has 334 valence electrons. The standard InChI is InChI=1S/C43H54F4N4O9S/c1-24(39(2,3)4)59-32(52)18-25-12-10-8-7-9-11-13-26-20-42(26,38(55)50-61(56,57)40(5)16-17-40)49-36(53)31-22-41(23-51(31)37(25)54)21-29(44)33-28-19-27(58-6)14-15-30(28)48-35(34(33)60-41)43(45,46)47/h11,13-15,19,24-26,29,31H,7-10,12,16-18,20-23H2,1-6H3,(H,49,53)(H,50,55)/b13-11-/t24?,25-,26-,29-,31+,41-,42-/m1/s1. The van der Waals surface area contributed by atoms with Crippen molar-refractivity contribution in [2.75, 3.05) is 13.7 Å². The highest BCUT2D eigenvalue weighted by atomic mass is 32.2. The van der Waals surface area contributed by atoms with Gasteiger partial charge in [-0.15, -0.1) is 0 Å². The average molecular weight is 879 g/mol. The summed E-state index contributed by atoms with van der Waals surface area (Å²) in [5.41, 5.74) is -6.09. The predicted molar refractivity (Wildman–Crippen MR) is 214 cm³/mol. The Morgan fingerprint density at radius 2 is 1.82 bits per heavy atom. The van der Waals surface area contributed by atoms with E-state index in [0.29, 0.717) is 38.5 Å². The number of carbonyl (C=O) groups is 4. The Labute approximate surface area is 352 Å². The van der Waals surface area contributed by atoms with E-state index >= 15 is 4.39 Å². The van der Waals surface area contributed by atoms with Crippen molar-refractivity contribution >= 4 is 44.6 Å². The number of aromatic nitrogens is 1. The third-order valence-electron chi connectivity index (χ3n) is 13.3. The summed E-state index contributed by atoms with van der Waals surface area (Å²) in [7, 11) is -2.79. The number of sulfonamides is 1. The largest absolute Gasteiger partial charge is 0.497 e. The summed E-state index contributed by atoms with van der Waals surface area (Å²) < 4.78 is 106. The van der Waals surface area contributed by atoms with Gasteiger partial charge in [-0.3, -0.25) is 23.9 Å². The van der Waals surface area contributed by atoms with E-state index in [-0.39, 0.29) is 35.9 Å². The van der Waals surface area contributed by atoms with Crippen molar-refractivity contribution in [2.45, 2.75) is 146 Å². The summed E-state index contributed by atoms with van der Waals surface area (Å²) in [6.45, 7) is 8.36. The molecule has 1 spiro atoms. The molecular formula is C43H54F4N4O9S. The fourth-order valence-electron chi connectivity index (χ4n) is 8.63. The van der Waals surface area contributed by atoms with Crippen LogP contribution in [0.3, 0.4) is 0 Å². The summed E-state index contributed by atoms with van der Waals surface area (Å²) in [6.07, 6.45) is -2.18. The van der Waals surface area contributed by atoms with Crippen LogP contribution in [0.5, 0.6) is 11.5 Å². The SMILES string of the molecule is COc1ccc2nc(C(F)(F)F)c3c(c2c1)[C@H](F)C[C@]1(C[C@H]2C(=O)N[C@]4(C(=O)NS(=O)(=O)C5(C)CC5)C[C@H]4/C=C\CCCCC[C@H](CC(=O)OC(C)C(C)(C)C)C(=O)N2C1)O3. The van der Waals surface area contributed by atoms with Crippen molar-refractivity contribution in [2.24, 2.45) is 17.3 Å². The van der Waals surface area contributed by atoms with Gasteiger partial charge in [0.15, 0.2) is 11.4 Å². The molecule has 1 aromatic heterocycles. The summed E-state index contributed by atoms with van der Waals surface area (Å²) in [5, 5.41) is 2.77. The van der Waals surface area contributed by atoms with Crippen LogP contribution in [0.4, 0.5) is 17.6 Å². The second kappa shape index (κ2) is 15.7. The Balaban J connectivity index is 1.29. The summed E-state index contributed by atoms with van der Waals surface area (Å²) >= 11 is 0. The maximum Gasteiger partial charge on any atom is 0.437 e. The van der Waals surface area contributed by atoms with Crippen molar-refractivity contribution in [1.82, 2.24) is 19.9 Å². The highest BCUT2D eigenvalue weighted by Gasteiger charge is 2.64. The highest BCUT2D eigenvalue weighted by Crippen LogP contribution is 2.54. The van der Waals surface area contributed by atoms with Crippen molar-refractivity contribution in [3.63, 3.8) is 0 Å². The molecule has 3 aliphatic heterocycles. The molecule has 2 N–H and O–H groups in total. The minimum atomic E-state index is -5.10. The number of nitrogens with one attached hydrogen (secondary N) is 2. The molecule has 0 radical (unpaired) electrons. The lowest BCUT2D eigenvalue weighted by atomic mass is 9.85. The molecule has 7 atom stereocenters. The molecule has 2 aliphatic carbocycles. The van der Waals surface area contributed by atoms with Crippen LogP contribution in [0.1, 0.15) is 123 Å². The maximum atomic E-state index is 16.9. The Hall–Kier alpha value is -4.48. The Morgan fingerprint density at radius 3 is 2.48 bits per heavy atom. The minimum absolute atomic E-state index is 0.0326. The molecule has 2 aromatic rings. The van der Waals surface area contributed by atoms with E-state index in [1.165, 1.54) is 32.2 Å². The summed E-state index contributed by atoms with van der Waals surface area (Å²) in [4.78, 5) is 61.9. The second-order valence-corrected chi connectivity index (χ2v) is 21.0. The van der Waals surface area contributed by atoms with E-state index in [2.05, 4.69) is 15.0 Å². The average Bonchev–Trinajstić information content (AvgIpc) is 4.06. The van der Waals surface area contributed by atoms with Crippen molar-refractivity contribution in [3.05, 3.63) is 41.6 Å². The fraction of sp³-hybridized carbons (Fsp3) is 0.651. The normalized spacial score (nSPS) is 30.0. The third-order valence-corrected chi connectivity index (χ3v) is 15.5. The van der Waals surface area contributed by atoms with Gasteiger partial charge in [0.05, 0.1) is 30.3 Å². The molecule has 2 saturated carbocycles.